The van der Waals surface area contributed by atoms with E-state index >= 15 is 0 Å². The molecule has 0 bridgehead atoms. The van der Waals surface area contributed by atoms with Gasteiger partial charge in [0.2, 0.25) is 0 Å². The molecule has 0 unspecified atom stereocenters. The molecule has 2 rings (SSSR count). The van der Waals surface area contributed by atoms with Crippen LogP contribution in [0.3, 0.4) is 0 Å². The smallest absolute Gasteiger partial charge is 0.256 e. The highest BCUT2D eigenvalue weighted by molar-refractivity contribution is 7.12. The largest absolute Gasteiger partial charge is 0.322 e. The van der Waals surface area contributed by atoms with Gasteiger partial charge in [0, 0.05) is 15.4 Å². The molecule has 0 saturated heterocycles. The second-order valence-electron chi connectivity index (χ2n) is 4.24. The molecule has 0 aliphatic rings. The number of thiophene rings is 1. The Morgan fingerprint density at radius 3 is 2.50 bits per heavy atom. The van der Waals surface area contributed by atoms with E-state index in [1.54, 1.807) is 24.3 Å². The number of benzene rings is 1. The van der Waals surface area contributed by atoms with Gasteiger partial charge in [0.05, 0.1) is 5.56 Å². The lowest BCUT2D eigenvalue weighted by Gasteiger charge is -2.08. The number of carbonyl (C=O) groups is 1. The number of carbonyl (C=O) groups excluding carboxylic acids is 1. The number of nitrogens with one attached hydrogen (secondary N) is 1. The second kappa shape index (κ2) is 4.90. The van der Waals surface area contributed by atoms with Crippen molar-refractivity contribution in [3.8, 4) is 0 Å². The maximum atomic E-state index is 13.0. The van der Waals surface area contributed by atoms with E-state index in [-0.39, 0.29) is 11.7 Å². The Morgan fingerprint density at radius 2 is 1.94 bits per heavy atom. The summed E-state index contributed by atoms with van der Waals surface area (Å²) in [5, 5.41) is 2.81. The molecule has 1 aromatic carbocycles. The number of amides is 1. The minimum atomic E-state index is -0.298. The van der Waals surface area contributed by atoms with Gasteiger partial charge in [-0.2, -0.15) is 0 Å². The van der Waals surface area contributed by atoms with Crippen molar-refractivity contribution in [3.63, 3.8) is 0 Å². The van der Waals surface area contributed by atoms with E-state index in [2.05, 4.69) is 5.32 Å². The molecule has 4 heteroatoms. The highest BCUT2D eigenvalue weighted by atomic mass is 32.1. The minimum absolute atomic E-state index is 0.147. The summed E-state index contributed by atoms with van der Waals surface area (Å²) in [6.07, 6.45) is 0. The van der Waals surface area contributed by atoms with Crippen LogP contribution < -0.4 is 5.32 Å². The normalized spacial score (nSPS) is 10.4. The number of anilines is 1. The van der Waals surface area contributed by atoms with Crippen molar-refractivity contribution in [3.05, 3.63) is 51.0 Å². The summed E-state index contributed by atoms with van der Waals surface area (Å²) < 4.78 is 13.0. The van der Waals surface area contributed by atoms with Crippen molar-refractivity contribution in [1.29, 1.82) is 0 Å². The Hall–Kier alpha value is -1.68. The molecular formula is C14H14FNOS. The van der Waals surface area contributed by atoms with Gasteiger partial charge in [-0.15, -0.1) is 11.3 Å². The average Bonchev–Trinajstić information content (AvgIpc) is 2.62. The molecule has 0 fully saturated rings. The average molecular weight is 263 g/mol. The number of rotatable bonds is 2. The molecule has 0 radical (unpaired) electrons. The summed E-state index contributed by atoms with van der Waals surface area (Å²) in [5.41, 5.74) is 2.04. The summed E-state index contributed by atoms with van der Waals surface area (Å²) in [7, 11) is 0. The first kappa shape index (κ1) is 12.8. The van der Waals surface area contributed by atoms with E-state index < -0.39 is 0 Å². The Balaban J connectivity index is 2.24. The first-order chi connectivity index (χ1) is 8.47. The zero-order chi connectivity index (χ0) is 13.3. The fourth-order valence-corrected chi connectivity index (χ4v) is 2.73. The molecule has 18 heavy (non-hydrogen) atoms. The predicted molar refractivity (Wildman–Crippen MR) is 72.9 cm³/mol. The van der Waals surface area contributed by atoms with Crippen LogP contribution in [0.25, 0.3) is 0 Å². The van der Waals surface area contributed by atoms with E-state index in [0.717, 1.165) is 9.75 Å². The van der Waals surface area contributed by atoms with Crippen LogP contribution >= 0.6 is 11.3 Å². The Morgan fingerprint density at radius 1 is 1.22 bits per heavy atom. The third-order valence-corrected chi connectivity index (χ3v) is 3.69. The van der Waals surface area contributed by atoms with Gasteiger partial charge in [0.1, 0.15) is 5.82 Å². The van der Waals surface area contributed by atoms with E-state index in [1.165, 1.54) is 12.1 Å². The van der Waals surface area contributed by atoms with Crippen LogP contribution in [0.1, 0.15) is 25.7 Å². The van der Waals surface area contributed by atoms with Gasteiger partial charge in [0.25, 0.3) is 5.91 Å². The molecular weight excluding hydrogens is 249 g/mol. The van der Waals surface area contributed by atoms with Crippen LogP contribution in [0.15, 0.2) is 24.3 Å². The van der Waals surface area contributed by atoms with Gasteiger partial charge in [0.15, 0.2) is 0 Å². The van der Waals surface area contributed by atoms with E-state index in [0.29, 0.717) is 16.8 Å². The third kappa shape index (κ3) is 2.59. The maximum Gasteiger partial charge on any atom is 0.256 e. The molecule has 1 heterocycles. The summed E-state index contributed by atoms with van der Waals surface area (Å²) in [6.45, 7) is 5.66. The SMILES string of the molecule is Cc1cc(C(=O)Nc2ccc(F)cc2C)c(C)s1. The molecule has 2 nitrogen and oxygen atoms in total. The number of hydrogen-bond acceptors (Lipinski definition) is 2. The van der Waals surface area contributed by atoms with Crippen molar-refractivity contribution in [2.75, 3.05) is 5.32 Å². The summed E-state index contributed by atoms with van der Waals surface area (Å²) in [6, 6.07) is 6.20. The summed E-state index contributed by atoms with van der Waals surface area (Å²) in [5.74, 6) is -0.445. The van der Waals surface area contributed by atoms with E-state index in [1.807, 2.05) is 19.9 Å². The lowest BCUT2D eigenvalue weighted by molar-refractivity contribution is 0.102. The molecule has 0 atom stereocenters. The zero-order valence-corrected chi connectivity index (χ0v) is 11.3. The van der Waals surface area contributed by atoms with Crippen LogP contribution in [-0.4, -0.2) is 5.91 Å². The first-order valence-corrected chi connectivity index (χ1v) is 6.43. The Labute approximate surface area is 109 Å². The summed E-state index contributed by atoms with van der Waals surface area (Å²) in [4.78, 5) is 14.2. The van der Waals surface area contributed by atoms with Gasteiger partial charge in [-0.05, 0) is 50.6 Å². The topological polar surface area (TPSA) is 29.1 Å². The van der Waals surface area contributed by atoms with Crippen LogP contribution in [0, 0.1) is 26.6 Å². The highest BCUT2D eigenvalue weighted by Crippen LogP contribution is 2.23. The fraction of sp³-hybridized carbons (Fsp3) is 0.214. The van der Waals surface area contributed by atoms with Crippen molar-refractivity contribution < 1.29 is 9.18 Å². The first-order valence-electron chi connectivity index (χ1n) is 5.62. The second-order valence-corrected chi connectivity index (χ2v) is 5.70. The third-order valence-electron chi connectivity index (χ3n) is 2.72. The molecule has 0 spiro atoms. The molecule has 2 aromatic rings. The quantitative estimate of drug-likeness (QED) is 0.869. The van der Waals surface area contributed by atoms with E-state index in [4.69, 9.17) is 0 Å². The monoisotopic (exact) mass is 263 g/mol. The fourth-order valence-electron chi connectivity index (χ4n) is 1.81. The molecule has 1 N–H and O–H groups in total. The van der Waals surface area contributed by atoms with Gasteiger partial charge < -0.3 is 5.32 Å². The molecule has 0 saturated carbocycles. The van der Waals surface area contributed by atoms with Gasteiger partial charge >= 0.3 is 0 Å². The number of halogens is 1. The van der Waals surface area contributed by atoms with Crippen LogP contribution in [0.5, 0.6) is 0 Å². The van der Waals surface area contributed by atoms with Crippen molar-refractivity contribution >= 4 is 22.9 Å². The van der Waals surface area contributed by atoms with Crippen molar-refractivity contribution in [2.24, 2.45) is 0 Å². The molecule has 94 valence electrons. The molecule has 0 aliphatic heterocycles. The van der Waals surface area contributed by atoms with Crippen LogP contribution in [0.4, 0.5) is 10.1 Å². The molecule has 1 aromatic heterocycles. The number of aryl methyl sites for hydroxylation is 3. The predicted octanol–water partition coefficient (Wildman–Crippen LogP) is 4.06. The molecule has 0 aliphatic carbocycles. The highest BCUT2D eigenvalue weighted by Gasteiger charge is 2.13. The zero-order valence-electron chi connectivity index (χ0n) is 10.5. The van der Waals surface area contributed by atoms with E-state index in [9.17, 15) is 9.18 Å². The number of hydrogen-bond donors (Lipinski definition) is 1. The minimum Gasteiger partial charge on any atom is -0.322 e. The van der Waals surface area contributed by atoms with Gasteiger partial charge in [-0.25, -0.2) is 4.39 Å². The van der Waals surface area contributed by atoms with Crippen LogP contribution in [-0.2, 0) is 0 Å². The lowest BCUT2D eigenvalue weighted by atomic mass is 10.1. The summed E-state index contributed by atoms with van der Waals surface area (Å²) >= 11 is 1.59. The Kier molecular flexibility index (Phi) is 3.48. The standard InChI is InChI=1S/C14H14FNOS/c1-8-6-11(15)4-5-13(8)16-14(17)12-7-9(2)18-10(12)3/h4-7H,1-3H3,(H,16,17). The Bertz CT molecular complexity index is 604. The van der Waals surface area contributed by atoms with Crippen molar-refractivity contribution in [2.45, 2.75) is 20.8 Å². The van der Waals surface area contributed by atoms with Crippen molar-refractivity contribution in [1.82, 2.24) is 0 Å². The van der Waals surface area contributed by atoms with Crippen LogP contribution in [0.2, 0.25) is 0 Å². The van der Waals surface area contributed by atoms with Gasteiger partial charge in [-0.3, -0.25) is 4.79 Å². The lowest BCUT2D eigenvalue weighted by Crippen LogP contribution is -2.13. The molecule has 1 amide bonds. The maximum absolute atomic E-state index is 13.0. The van der Waals surface area contributed by atoms with Gasteiger partial charge in [-0.1, -0.05) is 0 Å².